The Morgan fingerprint density at radius 1 is 1.41 bits per heavy atom. The topological polar surface area (TPSA) is 38.1 Å². The van der Waals surface area contributed by atoms with E-state index in [4.69, 9.17) is 4.42 Å². The van der Waals surface area contributed by atoms with Gasteiger partial charge in [0.1, 0.15) is 5.52 Å². The van der Waals surface area contributed by atoms with Gasteiger partial charge in [-0.1, -0.05) is 19.4 Å². The summed E-state index contributed by atoms with van der Waals surface area (Å²) in [6.07, 6.45) is 2.28. The number of hydrogen-bond donors (Lipinski definition) is 1. The van der Waals surface area contributed by atoms with E-state index < -0.39 is 0 Å². The summed E-state index contributed by atoms with van der Waals surface area (Å²) in [6, 6.07) is 6.32. The highest BCUT2D eigenvalue weighted by Gasteiger charge is 2.08. The van der Waals surface area contributed by atoms with E-state index >= 15 is 0 Å². The fourth-order valence-corrected chi connectivity index (χ4v) is 2.19. The summed E-state index contributed by atoms with van der Waals surface area (Å²) >= 11 is 0. The molecule has 1 unspecified atom stereocenters. The Bertz CT molecular complexity index is 490. The average molecular weight is 232 g/mol. The van der Waals surface area contributed by atoms with Crippen molar-refractivity contribution in [2.24, 2.45) is 5.92 Å². The summed E-state index contributed by atoms with van der Waals surface area (Å²) in [4.78, 5) is 4.31. The third-order valence-corrected chi connectivity index (χ3v) is 3.15. The monoisotopic (exact) mass is 232 g/mol. The molecule has 0 aliphatic carbocycles. The van der Waals surface area contributed by atoms with Crippen molar-refractivity contribution >= 4 is 11.1 Å². The molecule has 0 saturated heterocycles. The van der Waals surface area contributed by atoms with Crippen LogP contribution in [0, 0.1) is 12.8 Å². The summed E-state index contributed by atoms with van der Waals surface area (Å²) in [5, 5.41) is 3.24. The molecule has 0 saturated carbocycles. The molecule has 0 amide bonds. The molecule has 0 aliphatic rings. The van der Waals surface area contributed by atoms with Crippen LogP contribution >= 0.6 is 0 Å². The van der Waals surface area contributed by atoms with E-state index in [1.165, 1.54) is 12.0 Å². The van der Waals surface area contributed by atoms with Gasteiger partial charge in [-0.3, -0.25) is 0 Å². The van der Waals surface area contributed by atoms with Crippen LogP contribution in [0.15, 0.2) is 22.6 Å². The highest BCUT2D eigenvalue weighted by molar-refractivity contribution is 5.73. The first-order chi connectivity index (χ1) is 8.22. The van der Waals surface area contributed by atoms with Gasteiger partial charge in [0.05, 0.1) is 0 Å². The molecule has 1 aromatic heterocycles. The van der Waals surface area contributed by atoms with Crippen molar-refractivity contribution in [3.63, 3.8) is 0 Å². The Kier molecular flexibility index (Phi) is 3.79. The molecule has 0 spiro atoms. The standard InChI is InChI=1S/C14H20N2O/c1-4-11(9-15-3)7-12-5-6-13-14(8-12)17-10(2)16-13/h5-6,8,11,15H,4,7,9H2,1-3H3. The Morgan fingerprint density at radius 3 is 2.94 bits per heavy atom. The summed E-state index contributed by atoms with van der Waals surface area (Å²) in [5.74, 6) is 1.42. The van der Waals surface area contributed by atoms with Gasteiger partial charge in [0.15, 0.2) is 11.5 Å². The van der Waals surface area contributed by atoms with Gasteiger partial charge in [-0.2, -0.15) is 0 Å². The summed E-state index contributed by atoms with van der Waals surface area (Å²) in [6.45, 7) is 5.18. The van der Waals surface area contributed by atoms with E-state index in [1.54, 1.807) is 0 Å². The molecule has 1 atom stereocenters. The number of aryl methyl sites for hydroxylation is 1. The minimum atomic E-state index is 0.682. The summed E-state index contributed by atoms with van der Waals surface area (Å²) in [5.41, 5.74) is 3.18. The largest absolute Gasteiger partial charge is 0.441 e. The van der Waals surface area contributed by atoms with Crippen LogP contribution in [-0.4, -0.2) is 18.6 Å². The zero-order valence-electron chi connectivity index (χ0n) is 10.8. The second kappa shape index (κ2) is 5.32. The highest BCUT2D eigenvalue weighted by atomic mass is 16.3. The highest BCUT2D eigenvalue weighted by Crippen LogP contribution is 2.19. The third-order valence-electron chi connectivity index (χ3n) is 3.15. The van der Waals surface area contributed by atoms with Crippen LogP contribution in [-0.2, 0) is 6.42 Å². The summed E-state index contributed by atoms with van der Waals surface area (Å²) < 4.78 is 5.56. The second-order valence-corrected chi connectivity index (χ2v) is 4.57. The van der Waals surface area contributed by atoms with Gasteiger partial charge in [-0.25, -0.2) is 4.98 Å². The minimum Gasteiger partial charge on any atom is -0.441 e. The molecule has 3 nitrogen and oxygen atoms in total. The van der Waals surface area contributed by atoms with Gasteiger partial charge >= 0.3 is 0 Å². The Hall–Kier alpha value is -1.35. The van der Waals surface area contributed by atoms with Crippen molar-refractivity contribution in [3.8, 4) is 0 Å². The maximum Gasteiger partial charge on any atom is 0.192 e. The van der Waals surface area contributed by atoms with E-state index in [0.717, 1.165) is 30.0 Å². The van der Waals surface area contributed by atoms with Crippen molar-refractivity contribution in [1.29, 1.82) is 0 Å². The minimum absolute atomic E-state index is 0.682. The SMILES string of the molecule is CCC(CNC)Cc1ccc2nc(C)oc2c1. The van der Waals surface area contributed by atoms with Gasteiger partial charge in [-0.15, -0.1) is 0 Å². The van der Waals surface area contributed by atoms with E-state index in [9.17, 15) is 0 Å². The molecule has 0 fully saturated rings. The number of oxazole rings is 1. The molecule has 0 aliphatic heterocycles. The van der Waals surface area contributed by atoms with Crippen LogP contribution < -0.4 is 5.32 Å². The molecule has 92 valence electrons. The third kappa shape index (κ3) is 2.86. The molecule has 0 radical (unpaired) electrons. The van der Waals surface area contributed by atoms with E-state index in [0.29, 0.717) is 5.92 Å². The van der Waals surface area contributed by atoms with Crippen molar-refractivity contribution in [3.05, 3.63) is 29.7 Å². The van der Waals surface area contributed by atoms with Gasteiger partial charge < -0.3 is 9.73 Å². The zero-order chi connectivity index (χ0) is 12.3. The molecule has 3 heteroatoms. The number of nitrogens with one attached hydrogen (secondary N) is 1. The number of nitrogens with zero attached hydrogens (tertiary/aromatic N) is 1. The average Bonchev–Trinajstić information content (AvgIpc) is 2.68. The van der Waals surface area contributed by atoms with Crippen molar-refractivity contribution in [2.45, 2.75) is 26.7 Å². The van der Waals surface area contributed by atoms with Gasteiger partial charge in [0, 0.05) is 6.92 Å². The smallest absolute Gasteiger partial charge is 0.192 e. The van der Waals surface area contributed by atoms with Crippen molar-refractivity contribution in [2.75, 3.05) is 13.6 Å². The lowest BCUT2D eigenvalue weighted by atomic mass is 9.97. The first kappa shape index (κ1) is 12.1. The zero-order valence-corrected chi connectivity index (χ0v) is 10.8. The fourth-order valence-electron chi connectivity index (χ4n) is 2.19. The Balaban J connectivity index is 2.17. The van der Waals surface area contributed by atoms with Crippen LogP contribution in [0.25, 0.3) is 11.1 Å². The molecular weight excluding hydrogens is 212 g/mol. The lowest BCUT2D eigenvalue weighted by molar-refractivity contribution is 0.481. The van der Waals surface area contributed by atoms with E-state index in [1.807, 2.05) is 20.0 Å². The van der Waals surface area contributed by atoms with Crippen LogP contribution in [0.3, 0.4) is 0 Å². The molecule has 0 bridgehead atoms. The number of hydrogen-bond acceptors (Lipinski definition) is 3. The predicted octanol–water partition coefficient (Wildman–Crippen LogP) is 2.92. The molecule has 1 aromatic carbocycles. The van der Waals surface area contributed by atoms with E-state index in [-0.39, 0.29) is 0 Å². The molecule has 17 heavy (non-hydrogen) atoms. The molecule has 1 N–H and O–H groups in total. The van der Waals surface area contributed by atoms with Crippen molar-refractivity contribution < 1.29 is 4.42 Å². The molecule has 1 heterocycles. The number of rotatable bonds is 5. The number of benzene rings is 1. The van der Waals surface area contributed by atoms with Gasteiger partial charge in [-0.05, 0) is 43.6 Å². The van der Waals surface area contributed by atoms with Crippen LogP contribution in [0.4, 0.5) is 0 Å². The normalized spacial score (nSPS) is 13.1. The maximum atomic E-state index is 5.56. The second-order valence-electron chi connectivity index (χ2n) is 4.57. The predicted molar refractivity (Wildman–Crippen MR) is 70.2 cm³/mol. The van der Waals surface area contributed by atoms with Crippen LogP contribution in [0.1, 0.15) is 24.8 Å². The summed E-state index contributed by atoms with van der Waals surface area (Å²) in [7, 11) is 2.01. The van der Waals surface area contributed by atoms with Crippen molar-refractivity contribution in [1.82, 2.24) is 10.3 Å². The van der Waals surface area contributed by atoms with E-state index in [2.05, 4.69) is 29.4 Å². The number of fused-ring (bicyclic) bond motifs is 1. The van der Waals surface area contributed by atoms with Gasteiger partial charge in [0.25, 0.3) is 0 Å². The molecular formula is C14H20N2O. The lowest BCUT2D eigenvalue weighted by Gasteiger charge is -2.13. The first-order valence-electron chi connectivity index (χ1n) is 6.23. The lowest BCUT2D eigenvalue weighted by Crippen LogP contribution is -2.20. The Morgan fingerprint density at radius 2 is 2.24 bits per heavy atom. The van der Waals surface area contributed by atoms with Crippen LogP contribution in [0.5, 0.6) is 0 Å². The quantitative estimate of drug-likeness (QED) is 0.861. The first-order valence-corrected chi connectivity index (χ1v) is 6.23. The Labute approximate surface area is 102 Å². The van der Waals surface area contributed by atoms with Gasteiger partial charge in [0.2, 0.25) is 0 Å². The maximum absolute atomic E-state index is 5.56. The fraction of sp³-hybridized carbons (Fsp3) is 0.500. The molecule has 2 rings (SSSR count). The van der Waals surface area contributed by atoms with Crippen LogP contribution in [0.2, 0.25) is 0 Å². The molecule has 2 aromatic rings. The number of aromatic nitrogens is 1.